The molecule has 118 valence electrons. The molecule has 3 heteroatoms. The van der Waals surface area contributed by atoms with Gasteiger partial charge in [-0.05, 0) is 49.7 Å². The third-order valence-electron chi connectivity index (χ3n) is 7.21. The lowest BCUT2D eigenvalue weighted by Gasteiger charge is -2.57. The van der Waals surface area contributed by atoms with Crippen molar-refractivity contribution < 1.29 is 14.7 Å². The van der Waals surface area contributed by atoms with E-state index in [1.54, 1.807) is 12.2 Å². The molecule has 0 bridgehead atoms. The van der Waals surface area contributed by atoms with Gasteiger partial charge < -0.3 is 5.11 Å². The lowest BCUT2D eigenvalue weighted by Crippen LogP contribution is -2.55. The zero-order valence-corrected chi connectivity index (χ0v) is 13.3. The lowest BCUT2D eigenvalue weighted by molar-refractivity contribution is -0.142. The smallest absolute Gasteiger partial charge is 0.178 e. The summed E-state index contributed by atoms with van der Waals surface area (Å²) >= 11 is 0. The van der Waals surface area contributed by atoms with E-state index in [2.05, 4.69) is 13.8 Å². The van der Waals surface area contributed by atoms with Gasteiger partial charge in [-0.25, -0.2) is 0 Å². The first kappa shape index (κ1) is 14.4. The van der Waals surface area contributed by atoms with Gasteiger partial charge in [0.05, 0.1) is 6.10 Å². The van der Waals surface area contributed by atoms with Gasteiger partial charge in [-0.3, -0.25) is 9.59 Å². The van der Waals surface area contributed by atoms with Crippen LogP contribution < -0.4 is 0 Å². The number of aliphatic hydroxyl groups excluding tert-OH is 1. The van der Waals surface area contributed by atoms with Crippen LogP contribution in [0.2, 0.25) is 0 Å². The zero-order valence-electron chi connectivity index (χ0n) is 13.3. The van der Waals surface area contributed by atoms with Gasteiger partial charge in [-0.1, -0.05) is 25.5 Å². The van der Waals surface area contributed by atoms with E-state index >= 15 is 0 Å². The molecule has 4 rings (SSSR count). The third kappa shape index (κ3) is 1.66. The highest BCUT2D eigenvalue weighted by atomic mass is 16.3. The van der Waals surface area contributed by atoms with Crippen molar-refractivity contribution in [3.05, 3.63) is 23.8 Å². The van der Waals surface area contributed by atoms with Crippen molar-refractivity contribution in [2.75, 3.05) is 0 Å². The number of ketones is 2. The summed E-state index contributed by atoms with van der Waals surface area (Å²) < 4.78 is 0. The topological polar surface area (TPSA) is 54.4 Å². The molecule has 0 radical (unpaired) electrons. The van der Waals surface area contributed by atoms with Gasteiger partial charge in [-0.2, -0.15) is 0 Å². The van der Waals surface area contributed by atoms with Crippen molar-refractivity contribution in [3.63, 3.8) is 0 Å². The van der Waals surface area contributed by atoms with Gasteiger partial charge in [0.2, 0.25) is 0 Å². The molecule has 0 saturated heterocycles. The molecule has 0 aromatic rings. The molecule has 0 spiro atoms. The van der Waals surface area contributed by atoms with Crippen LogP contribution in [0.3, 0.4) is 0 Å². The normalized spacial score (nSPS) is 50.2. The fourth-order valence-corrected chi connectivity index (χ4v) is 6.10. The first-order valence-electron chi connectivity index (χ1n) is 8.52. The summed E-state index contributed by atoms with van der Waals surface area (Å²) in [5.41, 5.74) is 0.628. The lowest BCUT2D eigenvalue weighted by atomic mass is 9.47. The van der Waals surface area contributed by atoms with Crippen LogP contribution in [-0.2, 0) is 9.59 Å². The average Bonchev–Trinajstić information content (AvgIpc) is 2.75. The van der Waals surface area contributed by atoms with Gasteiger partial charge >= 0.3 is 0 Å². The molecule has 4 aliphatic carbocycles. The van der Waals surface area contributed by atoms with E-state index in [0.717, 1.165) is 19.3 Å². The van der Waals surface area contributed by atoms with E-state index in [0.29, 0.717) is 30.5 Å². The fraction of sp³-hybridized carbons (Fsp3) is 0.684. The second kappa shape index (κ2) is 4.41. The number of hydrogen-bond donors (Lipinski definition) is 1. The second-order valence-electron chi connectivity index (χ2n) is 8.17. The second-order valence-corrected chi connectivity index (χ2v) is 8.17. The maximum absolute atomic E-state index is 12.4. The summed E-state index contributed by atoms with van der Waals surface area (Å²) in [6.07, 6.45) is 9.14. The molecule has 3 saturated carbocycles. The highest BCUT2D eigenvalue weighted by Crippen LogP contribution is 2.63. The van der Waals surface area contributed by atoms with Crippen LogP contribution in [0.5, 0.6) is 0 Å². The van der Waals surface area contributed by atoms with Gasteiger partial charge in [0.1, 0.15) is 5.78 Å². The molecule has 0 aromatic carbocycles. The summed E-state index contributed by atoms with van der Waals surface area (Å²) in [7, 11) is 0. The maximum atomic E-state index is 12.4. The molecule has 3 nitrogen and oxygen atoms in total. The van der Waals surface area contributed by atoms with Crippen molar-refractivity contribution in [1.29, 1.82) is 0 Å². The molecule has 5 unspecified atom stereocenters. The van der Waals surface area contributed by atoms with Crippen molar-refractivity contribution in [2.45, 2.75) is 52.1 Å². The SMILES string of the molecule is CC12C=CC(=O)C=C1CCC1C2[C@H](O)CC2(C)C(=O)CCC12. The van der Waals surface area contributed by atoms with Crippen LogP contribution in [-0.4, -0.2) is 22.8 Å². The van der Waals surface area contributed by atoms with Crippen molar-refractivity contribution in [2.24, 2.45) is 28.6 Å². The largest absolute Gasteiger partial charge is 0.393 e. The Balaban J connectivity index is 1.77. The summed E-state index contributed by atoms with van der Waals surface area (Å²) in [6, 6.07) is 0. The Kier molecular flexibility index (Phi) is 2.88. The van der Waals surface area contributed by atoms with E-state index in [-0.39, 0.29) is 22.5 Å². The van der Waals surface area contributed by atoms with Crippen LogP contribution in [0.1, 0.15) is 46.0 Å². The molecule has 0 aromatic heterocycles. The minimum atomic E-state index is -0.458. The minimum absolute atomic E-state index is 0.0668. The average molecular weight is 300 g/mol. The molecule has 0 aliphatic heterocycles. The highest BCUT2D eigenvalue weighted by Gasteiger charge is 2.61. The first-order valence-corrected chi connectivity index (χ1v) is 8.52. The van der Waals surface area contributed by atoms with Crippen molar-refractivity contribution in [1.82, 2.24) is 0 Å². The molecule has 4 aliphatic rings. The molecule has 22 heavy (non-hydrogen) atoms. The van der Waals surface area contributed by atoms with E-state index in [9.17, 15) is 14.7 Å². The Morgan fingerprint density at radius 1 is 1.18 bits per heavy atom. The molecule has 3 fully saturated rings. The summed E-state index contributed by atoms with van der Waals surface area (Å²) in [5, 5.41) is 10.9. The van der Waals surface area contributed by atoms with Gasteiger partial charge in [0.25, 0.3) is 0 Å². The number of carbonyl (C=O) groups is 2. The molecule has 0 amide bonds. The number of aliphatic hydroxyl groups is 1. The first-order chi connectivity index (χ1) is 10.4. The van der Waals surface area contributed by atoms with Crippen LogP contribution in [0.25, 0.3) is 0 Å². The number of fused-ring (bicyclic) bond motifs is 5. The number of carbonyl (C=O) groups excluding carboxylic acids is 2. The minimum Gasteiger partial charge on any atom is -0.393 e. The van der Waals surface area contributed by atoms with Crippen LogP contribution >= 0.6 is 0 Å². The monoisotopic (exact) mass is 300 g/mol. The van der Waals surface area contributed by atoms with E-state index < -0.39 is 6.10 Å². The van der Waals surface area contributed by atoms with E-state index in [4.69, 9.17) is 0 Å². The Labute approximate surface area is 131 Å². The van der Waals surface area contributed by atoms with Crippen LogP contribution in [0, 0.1) is 28.6 Å². The van der Waals surface area contributed by atoms with Crippen LogP contribution in [0.4, 0.5) is 0 Å². The predicted octanol–water partition coefficient (Wildman–Crippen LogP) is 2.83. The van der Waals surface area contributed by atoms with Crippen LogP contribution in [0.15, 0.2) is 23.8 Å². The Bertz CT molecular complexity index is 616. The van der Waals surface area contributed by atoms with Crippen molar-refractivity contribution >= 4 is 11.6 Å². The van der Waals surface area contributed by atoms with E-state index in [1.165, 1.54) is 5.57 Å². The van der Waals surface area contributed by atoms with E-state index in [1.807, 2.05) is 6.08 Å². The van der Waals surface area contributed by atoms with Gasteiger partial charge in [0, 0.05) is 23.2 Å². The number of rotatable bonds is 0. The quantitative estimate of drug-likeness (QED) is 0.748. The number of allylic oxidation sites excluding steroid dienone is 4. The zero-order chi connectivity index (χ0) is 15.7. The van der Waals surface area contributed by atoms with Crippen molar-refractivity contribution in [3.8, 4) is 0 Å². The summed E-state index contributed by atoms with van der Waals surface area (Å²) in [4.78, 5) is 24.1. The third-order valence-corrected chi connectivity index (χ3v) is 7.21. The van der Waals surface area contributed by atoms with Gasteiger partial charge in [0.15, 0.2) is 5.78 Å². The number of hydrogen-bond acceptors (Lipinski definition) is 3. The maximum Gasteiger partial charge on any atom is 0.178 e. The standard InChI is InChI=1S/C19H24O3/c1-18-8-7-12(20)9-11(18)3-4-13-14-5-6-16(22)19(14,2)10-15(21)17(13)18/h7-9,13-15,17,21H,3-6,10H2,1-2H3/t13?,14?,15-,17?,18?,19?/m1/s1. The molecular weight excluding hydrogens is 276 g/mol. The number of Topliss-reactive ketones (excluding diaryl/α,β-unsaturated/α-hetero) is 1. The Morgan fingerprint density at radius 2 is 1.95 bits per heavy atom. The highest BCUT2D eigenvalue weighted by molar-refractivity contribution is 6.01. The summed E-state index contributed by atoms with van der Waals surface area (Å²) in [5.74, 6) is 1.34. The molecule has 0 heterocycles. The Morgan fingerprint density at radius 3 is 2.73 bits per heavy atom. The molecular formula is C19H24O3. The Hall–Kier alpha value is -1.22. The summed E-state index contributed by atoms with van der Waals surface area (Å²) in [6.45, 7) is 4.24. The molecule has 6 atom stereocenters. The predicted molar refractivity (Wildman–Crippen MR) is 83.0 cm³/mol. The molecule has 1 N–H and O–H groups in total. The fourth-order valence-electron chi connectivity index (χ4n) is 6.10. The van der Waals surface area contributed by atoms with Gasteiger partial charge in [-0.15, -0.1) is 0 Å².